The first kappa shape index (κ1) is 21.9. The second kappa shape index (κ2) is 10.3. The van der Waals surface area contributed by atoms with E-state index in [9.17, 15) is 4.79 Å². The van der Waals surface area contributed by atoms with Gasteiger partial charge in [0, 0.05) is 32.7 Å². The highest BCUT2D eigenvalue weighted by atomic mass is 35.5. The van der Waals surface area contributed by atoms with E-state index in [0.29, 0.717) is 43.5 Å². The number of piperazine rings is 1. The molecule has 2 amide bonds. The van der Waals surface area contributed by atoms with Crippen molar-refractivity contribution >= 4 is 23.3 Å². The minimum atomic E-state index is -0.0966. The van der Waals surface area contributed by atoms with Crippen molar-refractivity contribution in [1.29, 1.82) is 0 Å². The number of nitrogens with zero attached hydrogens (tertiary/aromatic N) is 2. The number of carbonyl (C=O) groups excluding carboxylic acids is 1. The molecule has 1 aliphatic heterocycles. The van der Waals surface area contributed by atoms with Gasteiger partial charge in [0.25, 0.3) is 0 Å². The monoisotopic (exact) mass is 433 g/mol. The SMILES string of the molecule is CCOc1c(OC)cc(CNC(=O)N2CCN(c3ccccc3Cl)CC2)cc1OC. The van der Waals surface area contributed by atoms with Crippen LogP contribution in [0.2, 0.25) is 5.02 Å². The summed E-state index contributed by atoms with van der Waals surface area (Å²) in [4.78, 5) is 16.7. The molecule has 0 spiro atoms. The molecule has 8 heteroatoms. The summed E-state index contributed by atoms with van der Waals surface area (Å²) in [7, 11) is 3.16. The second-order valence-electron chi connectivity index (χ2n) is 6.85. The summed E-state index contributed by atoms with van der Waals surface area (Å²) in [6.45, 7) is 5.51. The number of ether oxygens (including phenoxy) is 3. The highest BCUT2D eigenvalue weighted by Gasteiger charge is 2.22. The van der Waals surface area contributed by atoms with E-state index < -0.39 is 0 Å². The number of benzene rings is 2. The average Bonchev–Trinajstić information content (AvgIpc) is 2.78. The number of halogens is 1. The van der Waals surface area contributed by atoms with E-state index in [4.69, 9.17) is 25.8 Å². The maximum absolute atomic E-state index is 12.6. The predicted molar refractivity (Wildman–Crippen MR) is 118 cm³/mol. The molecule has 0 saturated carbocycles. The Morgan fingerprint density at radius 2 is 1.70 bits per heavy atom. The quantitative estimate of drug-likeness (QED) is 0.719. The third-order valence-electron chi connectivity index (χ3n) is 5.01. The van der Waals surface area contributed by atoms with Crippen molar-refractivity contribution in [2.45, 2.75) is 13.5 Å². The molecule has 1 saturated heterocycles. The van der Waals surface area contributed by atoms with Gasteiger partial charge < -0.3 is 29.3 Å². The van der Waals surface area contributed by atoms with Gasteiger partial charge in [-0.3, -0.25) is 0 Å². The van der Waals surface area contributed by atoms with Crippen molar-refractivity contribution in [3.05, 3.63) is 47.0 Å². The Morgan fingerprint density at radius 1 is 1.07 bits per heavy atom. The molecule has 0 atom stereocenters. The number of carbonyl (C=O) groups is 1. The van der Waals surface area contributed by atoms with Crippen molar-refractivity contribution < 1.29 is 19.0 Å². The molecule has 0 radical (unpaired) electrons. The third-order valence-corrected chi connectivity index (χ3v) is 5.33. The fourth-order valence-corrected chi connectivity index (χ4v) is 3.73. The van der Waals surface area contributed by atoms with Gasteiger partial charge in [-0.15, -0.1) is 0 Å². The van der Waals surface area contributed by atoms with Crippen LogP contribution in [-0.2, 0) is 6.54 Å². The number of rotatable bonds is 7. The standard InChI is InChI=1S/C22H28ClN3O4/c1-4-30-21-19(28-2)13-16(14-20(21)29-3)15-24-22(27)26-11-9-25(10-12-26)18-8-6-5-7-17(18)23/h5-8,13-14H,4,9-12,15H2,1-3H3,(H,24,27). The summed E-state index contributed by atoms with van der Waals surface area (Å²) >= 11 is 6.29. The molecule has 0 aliphatic carbocycles. The van der Waals surface area contributed by atoms with Crippen LogP contribution in [0, 0.1) is 0 Å². The molecule has 1 fully saturated rings. The maximum atomic E-state index is 12.6. The van der Waals surface area contributed by atoms with Gasteiger partial charge in [-0.25, -0.2) is 4.79 Å². The molecule has 1 aliphatic rings. The van der Waals surface area contributed by atoms with E-state index in [-0.39, 0.29) is 6.03 Å². The van der Waals surface area contributed by atoms with Gasteiger partial charge in [0.05, 0.1) is 31.5 Å². The number of nitrogens with one attached hydrogen (secondary N) is 1. The number of para-hydroxylation sites is 1. The summed E-state index contributed by atoms with van der Waals surface area (Å²) in [5.74, 6) is 1.72. The van der Waals surface area contributed by atoms with Crippen molar-refractivity contribution in [2.24, 2.45) is 0 Å². The Bertz CT molecular complexity index is 844. The lowest BCUT2D eigenvalue weighted by molar-refractivity contribution is 0.194. The Morgan fingerprint density at radius 3 is 2.27 bits per heavy atom. The Kier molecular flexibility index (Phi) is 7.52. The molecule has 7 nitrogen and oxygen atoms in total. The summed E-state index contributed by atoms with van der Waals surface area (Å²) in [5.41, 5.74) is 1.88. The number of urea groups is 1. The summed E-state index contributed by atoms with van der Waals surface area (Å²) in [6.07, 6.45) is 0. The predicted octanol–water partition coefficient (Wildman–Crippen LogP) is 3.79. The van der Waals surface area contributed by atoms with Gasteiger partial charge >= 0.3 is 6.03 Å². The zero-order valence-electron chi connectivity index (χ0n) is 17.6. The van der Waals surface area contributed by atoms with Crippen LogP contribution >= 0.6 is 11.6 Å². The molecule has 30 heavy (non-hydrogen) atoms. The van der Waals surface area contributed by atoms with E-state index in [0.717, 1.165) is 29.4 Å². The Balaban J connectivity index is 1.58. The topological polar surface area (TPSA) is 63.3 Å². The molecule has 1 heterocycles. The summed E-state index contributed by atoms with van der Waals surface area (Å²) in [6, 6.07) is 11.4. The lowest BCUT2D eigenvalue weighted by Crippen LogP contribution is -2.51. The zero-order valence-corrected chi connectivity index (χ0v) is 18.4. The van der Waals surface area contributed by atoms with Crippen LogP contribution in [0.25, 0.3) is 0 Å². The van der Waals surface area contributed by atoms with Gasteiger partial charge in [0.1, 0.15) is 0 Å². The van der Waals surface area contributed by atoms with Gasteiger partial charge in [-0.1, -0.05) is 23.7 Å². The van der Waals surface area contributed by atoms with Gasteiger partial charge in [0.15, 0.2) is 11.5 Å². The first-order chi connectivity index (χ1) is 14.6. The van der Waals surface area contributed by atoms with E-state index in [1.807, 2.05) is 48.2 Å². The van der Waals surface area contributed by atoms with Crippen LogP contribution in [0.1, 0.15) is 12.5 Å². The van der Waals surface area contributed by atoms with Crippen molar-refractivity contribution in [3.8, 4) is 17.2 Å². The maximum Gasteiger partial charge on any atom is 0.317 e. The minimum Gasteiger partial charge on any atom is -0.493 e. The highest BCUT2D eigenvalue weighted by Crippen LogP contribution is 2.38. The second-order valence-corrected chi connectivity index (χ2v) is 7.25. The van der Waals surface area contributed by atoms with Crippen LogP contribution < -0.4 is 24.4 Å². The van der Waals surface area contributed by atoms with Crippen molar-refractivity contribution in [3.63, 3.8) is 0 Å². The van der Waals surface area contributed by atoms with Crippen LogP contribution in [-0.4, -0.2) is 57.9 Å². The van der Waals surface area contributed by atoms with Crippen LogP contribution in [0.5, 0.6) is 17.2 Å². The van der Waals surface area contributed by atoms with Crippen molar-refractivity contribution in [2.75, 3.05) is 51.9 Å². The lowest BCUT2D eigenvalue weighted by Gasteiger charge is -2.36. The Hall–Kier alpha value is -2.80. The van der Waals surface area contributed by atoms with Crippen LogP contribution in [0.3, 0.4) is 0 Å². The summed E-state index contributed by atoms with van der Waals surface area (Å²) in [5, 5.41) is 3.71. The normalized spacial score (nSPS) is 13.7. The molecule has 0 unspecified atom stereocenters. The third kappa shape index (κ3) is 5.02. The number of anilines is 1. The largest absolute Gasteiger partial charge is 0.493 e. The first-order valence-corrected chi connectivity index (χ1v) is 10.3. The smallest absolute Gasteiger partial charge is 0.317 e. The molecule has 3 rings (SSSR count). The molecular weight excluding hydrogens is 406 g/mol. The first-order valence-electron chi connectivity index (χ1n) is 9.97. The fraction of sp³-hybridized carbons (Fsp3) is 0.409. The van der Waals surface area contributed by atoms with E-state index in [1.54, 1.807) is 14.2 Å². The number of methoxy groups -OCH3 is 2. The Labute approximate surface area is 182 Å². The minimum absolute atomic E-state index is 0.0966. The highest BCUT2D eigenvalue weighted by molar-refractivity contribution is 6.33. The fourth-order valence-electron chi connectivity index (χ4n) is 3.47. The molecule has 2 aromatic rings. The number of amides is 2. The van der Waals surface area contributed by atoms with E-state index in [1.165, 1.54) is 0 Å². The van der Waals surface area contributed by atoms with Crippen LogP contribution in [0.15, 0.2) is 36.4 Å². The zero-order chi connectivity index (χ0) is 21.5. The average molecular weight is 434 g/mol. The summed E-state index contributed by atoms with van der Waals surface area (Å²) < 4.78 is 16.5. The van der Waals surface area contributed by atoms with E-state index >= 15 is 0 Å². The number of hydrogen-bond donors (Lipinski definition) is 1. The van der Waals surface area contributed by atoms with Crippen molar-refractivity contribution in [1.82, 2.24) is 10.2 Å². The van der Waals surface area contributed by atoms with Gasteiger partial charge in [-0.2, -0.15) is 0 Å². The van der Waals surface area contributed by atoms with Gasteiger partial charge in [0.2, 0.25) is 5.75 Å². The lowest BCUT2D eigenvalue weighted by atomic mass is 10.1. The van der Waals surface area contributed by atoms with Crippen LogP contribution in [0.4, 0.5) is 10.5 Å². The molecule has 0 bridgehead atoms. The molecule has 2 aromatic carbocycles. The van der Waals surface area contributed by atoms with Gasteiger partial charge in [-0.05, 0) is 36.8 Å². The molecule has 0 aromatic heterocycles. The number of hydrogen-bond acceptors (Lipinski definition) is 5. The molecule has 1 N–H and O–H groups in total. The van der Waals surface area contributed by atoms with E-state index in [2.05, 4.69) is 10.2 Å². The molecule has 162 valence electrons. The molecular formula is C22H28ClN3O4.